The Morgan fingerprint density at radius 3 is 2.56 bits per heavy atom. The Morgan fingerprint density at radius 1 is 1.20 bits per heavy atom. The Labute approximate surface area is 242 Å². The van der Waals surface area contributed by atoms with E-state index in [1.165, 1.54) is 6.42 Å². The summed E-state index contributed by atoms with van der Waals surface area (Å²) in [5, 5.41) is 11.4. The van der Waals surface area contributed by atoms with Crippen molar-refractivity contribution in [3.05, 3.63) is 11.6 Å². The van der Waals surface area contributed by atoms with Crippen LogP contribution in [0.1, 0.15) is 91.4 Å². The van der Waals surface area contributed by atoms with Crippen LogP contribution in [0.5, 0.6) is 0 Å². The number of halogens is 3. The molecule has 2 heterocycles. The molecule has 6 rings (SSSR count). The minimum Gasteiger partial charge on any atom is -0.481 e. The van der Waals surface area contributed by atoms with Gasteiger partial charge in [-0.3, -0.25) is 4.79 Å². The van der Waals surface area contributed by atoms with Crippen molar-refractivity contribution in [1.82, 2.24) is 4.90 Å². The molecule has 0 aromatic carbocycles. The summed E-state index contributed by atoms with van der Waals surface area (Å²) in [7, 11) is 0. The fourth-order valence-electron chi connectivity index (χ4n) is 11.4. The Bertz CT molecular complexity index is 1070. The summed E-state index contributed by atoms with van der Waals surface area (Å²) in [6, 6.07) is 0. The van der Waals surface area contributed by atoms with Crippen molar-refractivity contribution < 1.29 is 32.6 Å². The topological polar surface area (TPSA) is 66.8 Å². The molecule has 1 N–H and O–H groups in total. The number of likely N-dealkylation sites (tertiary alicyclic amines) is 1. The number of piperidine rings is 1. The SMILES string of the molecule is CC(C)C1=CC2CC3(C=O)[C@@H]4CC[C@@H](C)[C@H]4CC2(C2CC(CCCC(F)(F)F)C(CN4CCCCC4)O2)C13C(=O)O. The second-order valence-electron chi connectivity index (χ2n) is 14.9. The predicted octanol–water partition coefficient (Wildman–Crippen LogP) is 6.90. The van der Waals surface area contributed by atoms with Crippen molar-refractivity contribution in [2.24, 2.45) is 51.8 Å². The monoisotopic (exact) mass is 579 g/mol. The van der Waals surface area contributed by atoms with E-state index in [0.29, 0.717) is 31.7 Å². The molecule has 8 heteroatoms. The smallest absolute Gasteiger partial charge is 0.389 e. The van der Waals surface area contributed by atoms with Crippen molar-refractivity contribution in [3.63, 3.8) is 0 Å². The number of allylic oxidation sites excluding steroid dienone is 1. The van der Waals surface area contributed by atoms with Crippen molar-refractivity contribution in [3.8, 4) is 0 Å². The van der Waals surface area contributed by atoms with E-state index in [2.05, 4.69) is 17.9 Å². The maximum absolute atomic E-state index is 13.9. The van der Waals surface area contributed by atoms with Gasteiger partial charge in [0, 0.05) is 18.4 Å². The fraction of sp³-hybridized carbons (Fsp3) is 0.879. The second kappa shape index (κ2) is 10.3. The Balaban J connectivity index is 1.41. The molecule has 4 bridgehead atoms. The lowest BCUT2D eigenvalue weighted by molar-refractivity contribution is -0.197. The molecule has 4 aliphatic carbocycles. The first-order valence-electron chi connectivity index (χ1n) is 16.3. The summed E-state index contributed by atoms with van der Waals surface area (Å²) >= 11 is 0. The molecule has 7 unspecified atom stereocenters. The van der Waals surface area contributed by atoms with Gasteiger partial charge >= 0.3 is 12.1 Å². The third-order valence-corrected chi connectivity index (χ3v) is 12.9. The van der Waals surface area contributed by atoms with E-state index in [9.17, 15) is 27.9 Å². The maximum Gasteiger partial charge on any atom is 0.389 e. The molecule has 5 fully saturated rings. The number of hydrogen-bond acceptors (Lipinski definition) is 4. The van der Waals surface area contributed by atoms with Gasteiger partial charge < -0.3 is 19.5 Å². The van der Waals surface area contributed by atoms with Crippen molar-refractivity contribution >= 4 is 12.3 Å². The lowest BCUT2D eigenvalue weighted by Gasteiger charge is -2.60. The van der Waals surface area contributed by atoms with Crippen molar-refractivity contribution in [1.29, 1.82) is 0 Å². The van der Waals surface area contributed by atoms with E-state index in [4.69, 9.17) is 4.74 Å². The molecule has 10 atom stereocenters. The van der Waals surface area contributed by atoms with Crippen LogP contribution >= 0.6 is 0 Å². The van der Waals surface area contributed by atoms with E-state index >= 15 is 0 Å². The number of carboxylic acid groups (broad SMARTS) is 1. The number of aldehydes is 1. The molecule has 5 nitrogen and oxygen atoms in total. The van der Waals surface area contributed by atoms with Crippen LogP contribution in [-0.4, -0.2) is 60.3 Å². The molecule has 230 valence electrons. The van der Waals surface area contributed by atoms with Gasteiger partial charge in [-0.25, -0.2) is 0 Å². The molecule has 0 aromatic heterocycles. The lowest BCUT2D eigenvalue weighted by Crippen LogP contribution is -2.65. The molecule has 0 radical (unpaired) electrons. The van der Waals surface area contributed by atoms with Crippen LogP contribution < -0.4 is 0 Å². The summed E-state index contributed by atoms with van der Waals surface area (Å²) < 4.78 is 46.5. The van der Waals surface area contributed by atoms with Crippen LogP contribution in [0.15, 0.2) is 11.6 Å². The van der Waals surface area contributed by atoms with Crippen LogP contribution in [0, 0.1) is 51.8 Å². The first kappa shape index (κ1) is 29.7. The zero-order valence-corrected chi connectivity index (χ0v) is 24.9. The minimum absolute atomic E-state index is 0.0152. The van der Waals surface area contributed by atoms with Gasteiger partial charge in [-0.05, 0) is 100.0 Å². The van der Waals surface area contributed by atoms with E-state index < -0.39 is 34.8 Å². The highest BCUT2D eigenvalue weighted by atomic mass is 19.4. The zero-order chi connectivity index (χ0) is 29.4. The highest BCUT2D eigenvalue weighted by Gasteiger charge is 2.86. The highest BCUT2D eigenvalue weighted by Crippen LogP contribution is 2.84. The first-order chi connectivity index (χ1) is 19.4. The number of carbonyl (C=O) groups is 2. The third-order valence-electron chi connectivity index (χ3n) is 12.9. The third kappa shape index (κ3) is 4.15. The van der Waals surface area contributed by atoms with Gasteiger partial charge in [0.15, 0.2) is 0 Å². The van der Waals surface area contributed by atoms with E-state index in [1.807, 2.05) is 13.8 Å². The van der Waals surface area contributed by atoms with Crippen LogP contribution in [0.4, 0.5) is 13.2 Å². The fourth-order valence-corrected chi connectivity index (χ4v) is 11.4. The Morgan fingerprint density at radius 2 is 1.93 bits per heavy atom. The number of nitrogens with zero attached hydrogens (tertiary/aromatic N) is 1. The number of alkyl halides is 3. The van der Waals surface area contributed by atoms with Gasteiger partial charge in [0.1, 0.15) is 11.7 Å². The summed E-state index contributed by atoms with van der Waals surface area (Å²) in [4.78, 5) is 29.7. The number of aliphatic carboxylic acids is 1. The van der Waals surface area contributed by atoms with Crippen LogP contribution in [-0.2, 0) is 14.3 Å². The molecule has 6 aliphatic rings. The van der Waals surface area contributed by atoms with Gasteiger partial charge in [0.25, 0.3) is 0 Å². The molecule has 3 saturated carbocycles. The Hall–Kier alpha value is -1.41. The number of fused-ring (bicyclic) bond motifs is 2. The molecular weight excluding hydrogens is 531 g/mol. The maximum atomic E-state index is 13.9. The zero-order valence-electron chi connectivity index (χ0n) is 24.9. The molecule has 0 aromatic rings. The number of hydrogen-bond donors (Lipinski definition) is 1. The molecule has 0 amide bonds. The minimum atomic E-state index is -4.19. The molecule has 2 saturated heterocycles. The first-order valence-corrected chi connectivity index (χ1v) is 16.3. The van der Waals surface area contributed by atoms with E-state index in [0.717, 1.165) is 57.1 Å². The van der Waals surface area contributed by atoms with Crippen LogP contribution in [0.2, 0.25) is 0 Å². The molecule has 0 spiro atoms. The van der Waals surface area contributed by atoms with Crippen molar-refractivity contribution in [2.45, 2.75) is 110 Å². The summed E-state index contributed by atoms with van der Waals surface area (Å²) in [5.74, 6) is -0.272. The number of ether oxygens (including phenoxy) is 1. The molecular formula is C33H48F3NO4. The number of rotatable bonds is 9. The second-order valence-corrected chi connectivity index (χ2v) is 14.9. The average Bonchev–Trinajstić information content (AvgIpc) is 3.62. The molecule has 2 aliphatic heterocycles. The quantitative estimate of drug-likeness (QED) is 0.238. The number of carbonyl (C=O) groups excluding carboxylic acids is 1. The predicted molar refractivity (Wildman–Crippen MR) is 149 cm³/mol. The van der Waals surface area contributed by atoms with Crippen LogP contribution in [0.25, 0.3) is 0 Å². The van der Waals surface area contributed by atoms with Gasteiger partial charge in [-0.1, -0.05) is 45.3 Å². The number of carboxylic acids is 1. The van der Waals surface area contributed by atoms with E-state index in [-0.39, 0.29) is 48.2 Å². The molecule has 41 heavy (non-hydrogen) atoms. The van der Waals surface area contributed by atoms with Crippen LogP contribution in [0.3, 0.4) is 0 Å². The Kier molecular flexibility index (Phi) is 7.48. The van der Waals surface area contributed by atoms with Gasteiger partial charge in [0.2, 0.25) is 0 Å². The van der Waals surface area contributed by atoms with E-state index in [1.54, 1.807) is 0 Å². The summed E-state index contributed by atoms with van der Waals surface area (Å²) in [6.07, 6.45) is 5.37. The largest absolute Gasteiger partial charge is 0.481 e. The summed E-state index contributed by atoms with van der Waals surface area (Å²) in [5.41, 5.74) is -2.11. The summed E-state index contributed by atoms with van der Waals surface area (Å²) in [6.45, 7) is 8.98. The lowest BCUT2D eigenvalue weighted by atomic mass is 9.41. The van der Waals surface area contributed by atoms with Gasteiger partial charge in [-0.15, -0.1) is 0 Å². The van der Waals surface area contributed by atoms with Gasteiger partial charge in [-0.2, -0.15) is 13.2 Å². The van der Waals surface area contributed by atoms with Gasteiger partial charge in [0.05, 0.1) is 17.6 Å². The highest BCUT2D eigenvalue weighted by molar-refractivity contribution is 5.90. The standard InChI is InChI=1S/C33H48F3NO4/c1-20(2)26-15-23-16-30(19-38)25-10-9-21(3)24(25)17-31(23,33(26,30)29(39)40)28-14-22(8-7-11-32(34,35)36)27(41-28)18-37-12-5-4-6-13-37/h15,19-25,27-28H,4-14,16-18H2,1-3H3,(H,39,40)/t21-,22?,23?,24-,25-,27?,28?,30?,31?,33?/m1/s1. The van der Waals surface area contributed by atoms with Crippen molar-refractivity contribution in [2.75, 3.05) is 19.6 Å². The normalized spacial score (nSPS) is 45.7. The average molecular weight is 580 g/mol.